The van der Waals surface area contributed by atoms with E-state index in [1.807, 2.05) is 13.0 Å². The third kappa shape index (κ3) is 2.52. The first-order valence-corrected chi connectivity index (χ1v) is 14.0. The maximum absolute atomic E-state index is 12.8. The molecule has 0 amide bonds. The summed E-state index contributed by atoms with van der Waals surface area (Å²) in [5.41, 5.74) is 3.20. The molecule has 3 aliphatic carbocycles. The molecule has 3 heterocycles. The van der Waals surface area contributed by atoms with Crippen molar-refractivity contribution in [3.8, 4) is 0 Å². The van der Waals surface area contributed by atoms with Crippen molar-refractivity contribution in [1.82, 2.24) is 4.98 Å². The number of benzene rings is 1. The number of ether oxygens (including phenoxy) is 2. The smallest absolute Gasteiger partial charge is 0.153 e. The van der Waals surface area contributed by atoms with Gasteiger partial charge in [-0.2, -0.15) is 0 Å². The first-order valence-electron chi connectivity index (χ1n) is 14.0. The van der Waals surface area contributed by atoms with Crippen LogP contribution in [0.5, 0.6) is 0 Å². The van der Waals surface area contributed by atoms with E-state index in [2.05, 4.69) is 64.0 Å². The van der Waals surface area contributed by atoms with Crippen LogP contribution in [-0.2, 0) is 26.7 Å². The summed E-state index contributed by atoms with van der Waals surface area (Å²) in [5.74, 6) is 0.454. The summed E-state index contributed by atoms with van der Waals surface area (Å²) in [5, 5.41) is 25.3. The minimum atomic E-state index is -1.09. The van der Waals surface area contributed by atoms with Gasteiger partial charge in [0.15, 0.2) is 5.60 Å². The van der Waals surface area contributed by atoms with Gasteiger partial charge in [-0.3, -0.25) is 0 Å². The summed E-state index contributed by atoms with van der Waals surface area (Å²) in [6.45, 7) is 19.0. The largest absolute Gasteiger partial charge is 0.387 e. The van der Waals surface area contributed by atoms with Crippen molar-refractivity contribution in [2.24, 2.45) is 11.3 Å². The van der Waals surface area contributed by atoms with Gasteiger partial charge in [0.25, 0.3) is 0 Å². The van der Waals surface area contributed by atoms with Gasteiger partial charge < -0.3 is 24.7 Å². The minimum Gasteiger partial charge on any atom is -0.387 e. The summed E-state index contributed by atoms with van der Waals surface area (Å²) in [7, 11) is 0. The lowest BCUT2D eigenvalue weighted by Crippen LogP contribution is -2.76. The zero-order valence-corrected chi connectivity index (χ0v) is 22.9. The Balaban J connectivity index is 1.35. The molecule has 0 radical (unpaired) electrons. The number of aliphatic hydroxyl groups is 2. The zero-order valence-electron chi connectivity index (χ0n) is 22.9. The number of hydrogen-bond donors (Lipinski definition) is 3. The molecule has 2 aliphatic heterocycles. The monoisotopic (exact) mass is 503 g/mol. The molecular formula is C32H41NO4. The number of allylic oxidation sites excluding steroid dienone is 1. The Morgan fingerprint density at radius 2 is 1.97 bits per heavy atom. The summed E-state index contributed by atoms with van der Waals surface area (Å²) in [6.07, 6.45) is 4.41. The zero-order chi connectivity index (χ0) is 26.3. The number of hydrogen-bond acceptors (Lipinski definition) is 4. The van der Waals surface area contributed by atoms with Gasteiger partial charge in [-0.25, -0.2) is 0 Å². The number of rotatable bonds is 3. The molecule has 5 nitrogen and oxygen atoms in total. The number of aromatic nitrogens is 1. The van der Waals surface area contributed by atoms with Crippen LogP contribution in [-0.4, -0.2) is 50.8 Å². The third-order valence-corrected chi connectivity index (χ3v) is 12.0. The Bertz CT molecular complexity index is 1360. The number of epoxide rings is 1. The Morgan fingerprint density at radius 3 is 2.68 bits per heavy atom. The molecule has 2 aromatic rings. The van der Waals surface area contributed by atoms with Crippen molar-refractivity contribution in [2.75, 3.05) is 0 Å². The van der Waals surface area contributed by atoms with E-state index >= 15 is 0 Å². The quantitative estimate of drug-likeness (QED) is 0.396. The van der Waals surface area contributed by atoms with E-state index in [1.54, 1.807) is 0 Å². The molecule has 4 fully saturated rings. The number of nitrogens with one attached hydrogen (secondary N) is 1. The van der Waals surface area contributed by atoms with Crippen molar-refractivity contribution in [2.45, 2.75) is 113 Å². The molecular weight excluding hydrogens is 462 g/mol. The lowest BCUT2D eigenvalue weighted by molar-refractivity contribution is -0.265. The molecule has 0 unspecified atom stereocenters. The minimum absolute atomic E-state index is 0.105. The summed E-state index contributed by atoms with van der Waals surface area (Å²) >= 11 is 0. The van der Waals surface area contributed by atoms with Gasteiger partial charge >= 0.3 is 0 Å². The van der Waals surface area contributed by atoms with Gasteiger partial charge in [-0.1, -0.05) is 52.5 Å². The van der Waals surface area contributed by atoms with Crippen LogP contribution >= 0.6 is 0 Å². The fourth-order valence-electron chi connectivity index (χ4n) is 9.37. The van der Waals surface area contributed by atoms with Crippen LogP contribution in [0.2, 0.25) is 0 Å². The number of aliphatic hydroxyl groups excluding tert-OH is 1. The van der Waals surface area contributed by atoms with Crippen LogP contribution in [0.4, 0.5) is 0 Å². The van der Waals surface area contributed by atoms with E-state index in [9.17, 15) is 10.2 Å². The lowest BCUT2D eigenvalue weighted by Gasteiger charge is -2.66. The van der Waals surface area contributed by atoms with Gasteiger partial charge in [0, 0.05) is 32.8 Å². The molecule has 198 valence electrons. The first-order chi connectivity index (χ1) is 17.4. The predicted molar refractivity (Wildman–Crippen MR) is 145 cm³/mol. The van der Waals surface area contributed by atoms with Crippen LogP contribution in [0.1, 0.15) is 77.1 Å². The average Bonchev–Trinajstić information content (AvgIpc) is 3.44. The van der Waals surface area contributed by atoms with Crippen LogP contribution in [0.3, 0.4) is 0 Å². The highest BCUT2D eigenvalue weighted by atomic mass is 16.7. The van der Waals surface area contributed by atoms with Crippen LogP contribution in [0.15, 0.2) is 43.0 Å². The summed E-state index contributed by atoms with van der Waals surface area (Å²) in [6, 6.07) is 6.80. The summed E-state index contributed by atoms with van der Waals surface area (Å²) < 4.78 is 12.9. The van der Waals surface area contributed by atoms with Gasteiger partial charge in [0.2, 0.25) is 0 Å². The van der Waals surface area contributed by atoms with E-state index in [-0.39, 0.29) is 16.9 Å². The highest BCUT2D eigenvalue weighted by Crippen LogP contribution is 2.74. The highest BCUT2D eigenvalue weighted by Gasteiger charge is 2.86. The third-order valence-electron chi connectivity index (χ3n) is 12.0. The van der Waals surface area contributed by atoms with Gasteiger partial charge in [-0.05, 0) is 67.7 Å². The highest BCUT2D eigenvalue weighted by molar-refractivity contribution is 5.87. The second-order valence-corrected chi connectivity index (χ2v) is 13.8. The molecule has 2 saturated heterocycles. The Kier molecular flexibility index (Phi) is 4.56. The summed E-state index contributed by atoms with van der Waals surface area (Å²) in [4.78, 5) is 3.88. The molecule has 1 aromatic carbocycles. The molecule has 5 heteroatoms. The van der Waals surface area contributed by atoms with E-state index < -0.39 is 34.9 Å². The van der Waals surface area contributed by atoms with Crippen LogP contribution < -0.4 is 0 Å². The van der Waals surface area contributed by atoms with E-state index in [1.165, 1.54) is 27.7 Å². The molecule has 1 spiro atoms. The molecule has 37 heavy (non-hydrogen) atoms. The number of H-pyrrole nitrogens is 1. The molecule has 9 atom stereocenters. The normalized spacial score (nSPS) is 45.9. The Morgan fingerprint density at radius 1 is 1.22 bits per heavy atom. The molecule has 2 saturated carbocycles. The second kappa shape index (κ2) is 6.98. The first kappa shape index (κ1) is 24.1. The number of aromatic amines is 1. The van der Waals surface area contributed by atoms with E-state index in [0.29, 0.717) is 12.3 Å². The van der Waals surface area contributed by atoms with E-state index in [0.717, 1.165) is 31.3 Å². The Labute approximate surface area is 219 Å². The predicted octanol–water partition coefficient (Wildman–Crippen LogP) is 5.23. The Hall–Kier alpha value is -1.92. The fourth-order valence-corrected chi connectivity index (χ4v) is 9.37. The van der Waals surface area contributed by atoms with Crippen molar-refractivity contribution >= 4 is 10.9 Å². The SMILES string of the molecule is C=CC(C)(C)c1ccc2c3c([nH]c2c1)[C@@]1(C)[C@@H](CC[C@]2(O)[C@]45O[C@@H]4[C@@H](O)[C@@H](C(=C)C)O[C@H]5CC[C@@]21C)C3. The maximum atomic E-state index is 12.8. The molecule has 0 bridgehead atoms. The van der Waals surface area contributed by atoms with Crippen molar-refractivity contribution in [3.63, 3.8) is 0 Å². The molecule has 5 aliphatic rings. The van der Waals surface area contributed by atoms with Crippen LogP contribution in [0, 0.1) is 11.3 Å². The molecule has 3 N–H and O–H groups in total. The molecule has 7 rings (SSSR count). The fraction of sp³-hybridized carbons (Fsp3) is 0.625. The second-order valence-electron chi connectivity index (χ2n) is 13.8. The number of fused-ring (bicyclic) bond motifs is 7. The van der Waals surface area contributed by atoms with Gasteiger partial charge in [0.1, 0.15) is 23.9 Å². The van der Waals surface area contributed by atoms with Gasteiger partial charge in [-0.15, -0.1) is 6.58 Å². The van der Waals surface area contributed by atoms with Crippen molar-refractivity contribution in [1.29, 1.82) is 0 Å². The van der Waals surface area contributed by atoms with Crippen molar-refractivity contribution < 1.29 is 19.7 Å². The lowest BCUT2D eigenvalue weighted by atomic mass is 9.40. The topological polar surface area (TPSA) is 78.0 Å². The van der Waals surface area contributed by atoms with Crippen LogP contribution in [0.25, 0.3) is 10.9 Å². The molecule has 1 aromatic heterocycles. The van der Waals surface area contributed by atoms with E-state index in [4.69, 9.17) is 9.47 Å². The van der Waals surface area contributed by atoms with Gasteiger partial charge in [0.05, 0.1) is 6.10 Å². The standard InChI is InChI=1S/C32H41NO4/c1-8-28(4,5)18-9-10-20-21-15-19-11-14-31(35)29(6,30(19,7)26(21)33-22(20)16-18)13-12-23-32(31)27(37-32)24(34)25(36-23)17(2)3/h8-10,16,19,23-25,27,33-35H,1-2,11-15H2,3-7H3/t19-,23-,24-,25+,27+,29+,30+,31+,32+/m0/s1. The maximum Gasteiger partial charge on any atom is 0.153 e. The average molecular weight is 504 g/mol. The van der Waals surface area contributed by atoms with Crippen molar-refractivity contribution in [3.05, 3.63) is 59.8 Å².